The fourth-order valence-electron chi connectivity index (χ4n) is 2.38. The molecule has 0 aromatic heterocycles. The van der Waals surface area contributed by atoms with Gasteiger partial charge in [-0.25, -0.2) is 0 Å². The predicted molar refractivity (Wildman–Crippen MR) is 91.2 cm³/mol. The van der Waals surface area contributed by atoms with Gasteiger partial charge in [0.2, 0.25) is 0 Å². The van der Waals surface area contributed by atoms with E-state index in [4.69, 9.17) is 0 Å². The first-order chi connectivity index (χ1) is 10.6. The first kappa shape index (κ1) is 14.4. The minimum atomic E-state index is -0.337. The molecular formula is C18H13NO2S. The Morgan fingerprint density at radius 3 is 2.05 bits per heavy atom. The van der Waals surface area contributed by atoms with Crippen LogP contribution in [0.4, 0.5) is 5.69 Å². The van der Waals surface area contributed by atoms with E-state index in [2.05, 4.69) is 12.6 Å². The molecule has 3 aromatic carbocycles. The van der Waals surface area contributed by atoms with E-state index in [1.807, 2.05) is 60.7 Å². The second-order valence-corrected chi connectivity index (χ2v) is 5.42. The molecule has 0 amide bonds. The number of rotatable bonds is 3. The van der Waals surface area contributed by atoms with Crippen LogP contribution in [0, 0.1) is 10.1 Å². The van der Waals surface area contributed by atoms with Crippen LogP contribution in [0.25, 0.3) is 22.3 Å². The molecule has 3 rings (SSSR count). The highest BCUT2D eigenvalue weighted by atomic mass is 32.1. The van der Waals surface area contributed by atoms with Crippen molar-refractivity contribution in [1.82, 2.24) is 0 Å². The molecule has 0 radical (unpaired) electrons. The molecule has 0 atom stereocenters. The van der Waals surface area contributed by atoms with E-state index in [-0.39, 0.29) is 10.6 Å². The van der Waals surface area contributed by atoms with Crippen LogP contribution in [0.1, 0.15) is 0 Å². The summed E-state index contributed by atoms with van der Waals surface area (Å²) in [6, 6.07) is 22.3. The molecule has 0 unspecified atom stereocenters. The van der Waals surface area contributed by atoms with Gasteiger partial charge >= 0.3 is 0 Å². The minimum absolute atomic E-state index is 0.105. The minimum Gasteiger partial charge on any atom is -0.258 e. The molecule has 0 N–H and O–H groups in total. The van der Waals surface area contributed by atoms with Crippen molar-refractivity contribution in [3.05, 3.63) is 82.9 Å². The Morgan fingerprint density at radius 1 is 0.773 bits per heavy atom. The van der Waals surface area contributed by atoms with Gasteiger partial charge in [0, 0.05) is 11.0 Å². The maximum absolute atomic E-state index is 11.4. The van der Waals surface area contributed by atoms with Crippen molar-refractivity contribution in [3.63, 3.8) is 0 Å². The molecule has 3 nitrogen and oxygen atoms in total. The van der Waals surface area contributed by atoms with Gasteiger partial charge in [-0.2, -0.15) is 0 Å². The fourth-order valence-corrected chi connectivity index (χ4v) is 2.53. The van der Waals surface area contributed by atoms with Gasteiger partial charge in [-0.15, -0.1) is 12.6 Å². The van der Waals surface area contributed by atoms with Crippen LogP contribution in [0.15, 0.2) is 77.7 Å². The van der Waals surface area contributed by atoms with Gasteiger partial charge in [-0.05, 0) is 34.9 Å². The molecule has 0 fully saturated rings. The highest BCUT2D eigenvalue weighted by Gasteiger charge is 2.16. The fraction of sp³-hybridized carbons (Fsp3) is 0. The maximum Gasteiger partial charge on any atom is 0.277 e. The van der Waals surface area contributed by atoms with E-state index in [1.165, 1.54) is 0 Å². The third-order valence-corrected chi connectivity index (χ3v) is 3.78. The monoisotopic (exact) mass is 307 g/mol. The van der Waals surface area contributed by atoms with E-state index in [0.29, 0.717) is 5.56 Å². The summed E-state index contributed by atoms with van der Waals surface area (Å²) >= 11 is 4.24. The van der Waals surface area contributed by atoms with Gasteiger partial charge in [0.25, 0.3) is 5.69 Å². The molecule has 0 spiro atoms. The van der Waals surface area contributed by atoms with Crippen molar-refractivity contribution in [3.8, 4) is 22.3 Å². The van der Waals surface area contributed by atoms with E-state index in [0.717, 1.165) is 21.6 Å². The molecule has 0 heterocycles. The van der Waals surface area contributed by atoms with Gasteiger partial charge < -0.3 is 0 Å². The molecule has 3 aromatic rings. The normalized spacial score (nSPS) is 10.4. The van der Waals surface area contributed by atoms with E-state index < -0.39 is 0 Å². The molecule has 0 aliphatic heterocycles. The molecular weight excluding hydrogens is 294 g/mol. The van der Waals surface area contributed by atoms with E-state index in [9.17, 15) is 10.1 Å². The molecule has 0 saturated heterocycles. The summed E-state index contributed by atoms with van der Waals surface area (Å²) in [5, 5.41) is 11.4. The highest BCUT2D eigenvalue weighted by Crippen LogP contribution is 2.34. The van der Waals surface area contributed by atoms with Crippen molar-refractivity contribution >= 4 is 18.3 Å². The third-order valence-electron chi connectivity index (χ3n) is 3.48. The lowest BCUT2D eigenvalue weighted by molar-refractivity contribution is -0.384. The lowest BCUT2D eigenvalue weighted by Crippen LogP contribution is -1.93. The second-order valence-electron chi connectivity index (χ2n) is 4.90. The Kier molecular flexibility index (Phi) is 3.94. The topological polar surface area (TPSA) is 43.1 Å². The Labute approximate surface area is 133 Å². The van der Waals surface area contributed by atoms with Crippen LogP contribution >= 0.6 is 12.6 Å². The van der Waals surface area contributed by atoms with Crippen LogP contribution < -0.4 is 0 Å². The Balaban J connectivity index is 2.12. The summed E-state index contributed by atoms with van der Waals surface area (Å²) in [5.74, 6) is 0. The predicted octanol–water partition coefficient (Wildman–Crippen LogP) is 5.22. The van der Waals surface area contributed by atoms with Crippen LogP contribution in [0.2, 0.25) is 0 Å². The van der Waals surface area contributed by atoms with Crippen LogP contribution in [-0.2, 0) is 0 Å². The van der Waals surface area contributed by atoms with Gasteiger partial charge in [0.15, 0.2) is 0 Å². The lowest BCUT2D eigenvalue weighted by Gasteiger charge is -2.07. The summed E-state index contributed by atoms with van der Waals surface area (Å²) in [6.07, 6.45) is 0. The highest BCUT2D eigenvalue weighted by molar-refractivity contribution is 7.80. The van der Waals surface area contributed by atoms with E-state index in [1.54, 1.807) is 12.1 Å². The Hall–Kier alpha value is -2.59. The Bertz CT molecular complexity index is 814. The number of thiol groups is 1. The van der Waals surface area contributed by atoms with Crippen molar-refractivity contribution in [2.75, 3.05) is 0 Å². The number of nitro benzene ring substituents is 1. The van der Waals surface area contributed by atoms with Crippen LogP contribution in [0.5, 0.6) is 0 Å². The van der Waals surface area contributed by atoms with Gasteiger partial charge in [-0.3, -0.25) is 10.1 Å². The van der Waals surface area contributed by atoms with Crippen molar-refractivity contribution in [1.29, 1.82) is 0 Å². The van der Waals surface area contributed by atoms with Crippen LogP contribution in [-0.4, -0.2) is 4.92 Å². The van der Waals surface area contributed by atoms with Gasteiger partial charge in [-0.1, -0.05) is 48.5 Å². The molecule has 108 valence electrons. The first-order valence-electron chi connectivity index (χ1n) is 6.78. The molecule has 0 aliphatic carbocycles. The van der Waals surface area contributed by atoms with E-state index >= 15 is 0 Å². The van der Waals surface area contributed by atoms with Crippen molar-refractivity contribution in [2.24, 2.45) is 0 Å². The second kappa shape index (κ2) is 6.03. The average Bonchev–Trinajstić information content (AvgIpc) is 2.56. The number of nitrogens with zero attached hydrogens (tertiary/aromatic N) is 1. The number of hydrogen-bond donors (Lipinski definition) is 1. The summed E-state index contributed by atoms with van der Waals surface area (Å²) in [4.78, 5) is 11.9. The van der Waals surface area contributed by atoms with Crippen molar-refractivity contribution in [2.45, 2.75) is 4.90 Å². The SMILES string of the molecule is O=[N+]([O-])c1cc(-c2ccccc2)ccc1-c1ccc(S)cc1. The zero-order valence-corrected chi connectivity index (χ0v) is 12.5. The van der Waals surface area contributed by atoms with Gasteiger partial charge in [0.1, 0.15) is 0 Å². The number of nitro groups is 1. The summed E-state index contributed by atoms with van der Waals surface area (Å²) in [6.45, 7) is 0. The van der Waals surface area contributed by atoms with Gasteiger partial charge in [0.05, 0.1) is 10.5 Å². The summed E-state index contributed by atoms with van der Waals surface area (Å²) < 4.78 is 0. The number of benzene rings is 3. The lowest BCUT2D eigenvalue weighted by atomic mass is 9.98. The largest absolute Gasteiger partial charge is 0.277 e. The maximum atomic E-state index is 11.4. The average molecular weight is 307 g/mol. The first-order valence-corrected chi connectivity index (χ1v) is 7.23. The molecule has 0 bridgehead atoms. The molecule has 0 aliphatic rings. The zero-order chi connectivity index (χ0) is 15.5. The zero-order valence-electron chi connectivity index (χ0n) is 11.6. The smallest absolute Gasteiger partial charge is 0.258 e. The summed E-state index contributed by atoms with van der Waals surface area (Å²) in [7, 11) is 0. The summed E-state index contributed by atoms with van der Waals surface area (Å²) in [5.41, 5.74) is 3.32. The number of hydrogen-bond acceptors (Lipinski definition) is 3. The standard InChI is InChI=1S/C18H13NO2S/c20-19(21)18-12-15(13-4-2-1-3-5-13)8-11-17(18)14-6-9-16(22)10-7-14/h1-12,22H. The molecule has 4 heteroatoms. The molecule has 0 saturated carbocycles. The quantitative estimate of drug-likeness (QED) is 0.409. The Morgan fingerprint density at radius 2 is 1.41 bits per heavy atom. The third kappa shape index (κ3) is 2.87. The molecule has 22 heavy (non-hydrogen) atoms. The van der Waals surface area contributed by atoms with Crippen LogP contribution in [0.3, 0.4) is 0 Å². The van der Waals surface area contributed by atoms with Crippen molar-refractivity contribution < 1.29 is 4.92 Å².